The lowest BCUT2D eigenvalue weighted by molar-refractivity contribution is 0.0933. The molecule has 0 aliphatic carbocycles. The summed E-state index contributed by atoms with van der Waals surface area (Å²) < 4.78 is 16.4. The third-order valence-corrected chi connectivity index (χ3v) is 4.63. The first-order chi connectivity index (χ1) is 12.7. The second-order valence-electron chi connectivity index (χ2n) is 6.28. The number of carbonyl (C=O) groups excluding carboxylic acids is 1. The van der Waals surface area contributed by atoms with Gasteiger partial charge in [-0.2, -0.15) is 0 Å². The lowest BCUT2D eigenvalue weighted by atomic mass is 10.1. The Morgan fingerprint density at radius 2 is 2.08 bits per heavy atom. The molecular weight excluding hydrogens is 332 g/mol. The number of hydrogen-bond donors (Lipinski definition) is 1. The van der Waals surface area contributed by atoms with Gasteiger partial charge in [-0.3, -0.25) is 9.69 Å². The van der Waals surface area contributed by atoms with Crippen molar-refractivity contribution in [2.75, 3.05) is 33.4 Å². The van der Waals surface area contributed by atoms with Crippen molar-refractivity contribution < 1.29 is 18.7 Å². The van der Waals surface area contributed by atoms with Crippen LogP contribution in [0.5, 0.6) is 11.5 Å². The molecule has 1 atom stereocenters. The van der Waals surface area contributed by atoms with Crippen LogP contribution < -0.4 is 14.8 Å². The van der Waals surface area contributed by atoms with E-state index in [0.29, 0.717) is 30.2 Å². The van der Waals surface area contributed by atoms with E-state index in [1.807, 2.05) is 19.1 Å². The van der Waals surface area contributed by atoms with Crippen LogP contribution in [0.3, 0.4) is 0 Å². The van der Waals surface area contributed by atoms with Gasteiger partial charge in [0.25, 0.3) is 5.91 Å². The highest BCUT2D eigenvalue weighted by Crippen LogP contribution is 2.28. The van der Waals surface area contributed by atoms with Crippen molar-refractivity contribution in [3.8, 4) is 11.5 Å². The second-order valence-corrected chi connectivity index (χ2v) is 6.28. The summed E-state index contributed by atoms with van der Waals surface area (Å²) in [5.74, 6) is 1.94. The standard InChI is InChI=1S/C20H26N2O4/c1-3-25-19-13-15(8-9-18(19)24-2)20(23)21-14-16(17-7-6-12-26-17)22-10-4-5-11-22/h6-9,12-13,16H,3-5,10-11,14H2,1-2H3,(H,21,23). The molecular formula is C20H26N2O4. The van der Waals surface area contributed by atoms with E-state index in [1.54, 1.807) is 31.6 Å². The highest BCUT2D eigenvalue weighted by atomic mass is 16.5. The predicted molar refractivity (Wildman–Crippen MR) is 98.8 cm³/mol. The molecule has 0 radical (unpaired) electrons. The fourth-order valence-corrected chi connectivity index (χ4v) is 3.32. The number of rotatable bonds is 8. The number of ether oxygens (including phenoxy) is 2. The SMILES string of the molecule is CCOc1cc(C(=O)NCC(c2ccco2)N2CCCC2)ccc1OC. The van der Waals surface area contributed by atoms with Gasteiger partial charge in [-0.25, -0.2) is 0 Å². The number of benzene rings is 1. The zero-order valence-electron chi connectivity index (χ0n) is 15.4. The fraction of sp³-hybridized carbons (Fsp3) is 0.450. The number of furan rings is 1. The minimum atomic E-state index is -0.135. The van der Waals surface area contributed by atoms with Gasteiger partial charge in [-0.1, -0.05) is 0 Å². The van der Waals surface area contributed by atoms with Crippen molar-refractivity contribution >= 4 is 5.91 Å². The molecule has 2 heterocycles. The van der Waals surface area contributed by atoms with Gasteiger partial charge in [0.15, 0.2) is 11.5 Å². The lowest BCUT2D eigenvalue weighted by Crippen LogP contribution is -2.36. The average molecular weight is 358 g/mol. The zero-order chi connectivity index (χ0) is 18.4. The molecule has 1 aliphatic rings. The molecule has 0 bridgehead atoms. The summed E-state index contributed by atoms with van der Waals surface area (Å²) in [6, 6.07) is 9.13. The molecule has 2 aromatic rings. The molecule has 0 saturated carbocycles. The maximum Gasteiger partial charge on any atom is 0.251 e. The number of amides is 1. The number of likely N-dealkylation sites (tertiary alicyclic amines) is 1. The van der Waals surface area contributed by atoms with Crippen molar-refractivity contribution in [2.24, 2.45) is 0 Å². The normalized spacial score (nSPS) is 15.6. The molecule has 1 amide bonds. The molecule has 6 heteroatoms. The van der Waals surface area contributed by atoms with E-state index < -0.39 is 0 Å². The Hall–Kier alpha value is -2.47. The van der Waals surface area contributed by atoms with Crippen LogP contribution in [0, 0.1) is 0 Å². The summed E-state index contributed by atoms with van der Waals surface area (Å²) >= 11 is 0. The van der Waals surface area contributed by atoms with E-state index in [-0.39, 0.29) is 11.9 Å². The molecule has 0 spiro atoms. The first-order valence-electron chi connectivity index (χ1n) is 9.09. The smallest absolute Gasteiger partial charge is 0.251 e. The number of hydrogen-bond acceptors (Lipinski definition) is 5. The molecule has 1 fully saturated rings. The highest BCUT2D eigenvalue weighted by Gasteiger charge is 2.26. The number of nitrogens with one attached hydrogen (secondary N) is 1. The van der Waals surface area contributed by atoms with Crippen LogP contribution in [-0.4, -0.2) is 44.2 Å². The van der Waals surface area contributed by atoms with Crippen LogP contribution in [0.4, 0.5) is 0 Å². The van der Waals surface area contributed by atoms with Crippen LogP contribution in [-0.2, 0) is 0 Å². The van der Waals surface area contributed by atoms with E-state index in [9.17, 15) is 4.79 Å². The first kappa shape index (κ1) is 18.3. The molecule has 1 N–H and O–H groups in total. The minimum absolute atomic E-state index is 0.0565. The quantitative estimate of drug-likeness (QED) is 0.785. The van der Waals surface area contributed by atoms with Gasteiger partial charge in [0.05, 0.1) is 26.0 Å². The maximum absolute atomic E-state index is 12.6. The van der Waals surface area contributed by atoms with Crippen LogP contribution in [0.2, 0.25) is 0 Å². The van der Waals surface area contributed by atoms with Gasteiger partial charge < -0.3 is 19.2 Å². The van der Waals surface area contributed by atoms with Gasteiger partial charge in [-0.05, 0) is 63.2 Å². The maximum atomic E-state index is 12.6. The molecule has 1 unspecified atom stereocenters. The molecule has 1 aromatic carbocycles. The summed E-state index contributed by atoms with van der Waals surface area (Å²) in [5, 5.41) is 3.03. The molecule has 6 nitrogen and oxygen atoms in total. The third kappa shape index (κ3) is 4.19. The topological polar surface area (TPSA) is 63.9 Å². The monoisotopic (exact) mass is 358 g/mol. The van der Waals surface area contributed by atoms with Crippen LogP contribution in [0.15, 0.2) is 41.0 Å². The summed E-state index contributed by atoms with van der Waals surface area (Å²) in [4.78, 5) is 15.0. The van der Waals surface area contributed by atoms with Crippen molar-refractivity contribution in [1.82, 2.24) is 10.2 Å². The molecule has 26 heavy (non-hydrogen) atoms. The molecule has 140 valence electrons. The van der Waals surface area contributed by atoms with Gasteiger partial charge in [0.1, 0.15) is 5.76 Å². The van der Waals surface area contributed by atoms with Gasteiger partial charge in [0.2, 0.25) is 0 Å². The largest absolute Gasteiger partial charge is 0.493 e. The van der Waals surface area contributed by atoms with Crippen LogP contribution >= 0.6 is 0 Å². The fourth-order valence-electron chi connectivity index (χ4n) is 3.32. The Bertz CT molecular complexity index is 709. The number of carbonyl (C=O) groups is 1. The van der Waals surface area contributed by atoms with E-state index in [0.717, 1.165) is 18.8 Å². The summed E-state index contributed by atoms with van der Waals surface area (Å²) in [5.41, 5.74) is 0.550. The first-order valence-corrected chi connectivity index (χ1v) is 9.09. The molecule has 1 saturated heterocycles. The average Bonchev–Trinajstić information content (AvgIpc) is 3.36. The van der Waals surface area contributed by atoms with Gasteiger partial charge >= 0.3 is 0 Å². The summed E-state index contributed by atoms with van der Waals surface area (Å²) in [6.07, 6.45) is 4.04. The Morgan fingerprint density at radius 1 is 1.27 bits per heavy atom. The van der Waals surface area contributed by atoms with Crippen LogP contribution in [0.1, 0.15) is 41.9 Å². The number of nitrogens with zero attached hydrogens (tertiary/aromatic N) is 1. The Kier molecular flexibility index (Phi) is 6.17. The van der Waals surface area contributed by atoms with Crippen LogP contribution in [0.25, 0.3) is 0 Å². The lowest BCUT2D eigenvalue weighted by Gasteiger charge is -2.26. The second kappa shape index (κ2) is 8.76. The van der Waals surface area contributed by atoms with E-state index >= 15 is 0 Å². The van der Waals surface area contributed by atoms with E-state index in [1.165, 1.54) is 12.8 Å². The van der Waals surface area contributed by atoms with E-state index in [2.05, 4.69) is 10.2 Å². The molecule has 1 aliphatic heterocycles. The highest BCUT2D eigenvalue weighted by molar-refractivity contribution is 5.94. The third-order valence-electron chi connectivity index (χ3n) is 4.63. The van der Waals surface area contributed by atoms with Crippen molar-refractivity contribution in [2.45, 2.75) is 25.8 Å². The Morgan fingerprint density at radius 3 is 2.73 bits per heavy atom. The Balaban J connectivity index is 1.69. The summed E-state index contributed by atoms with van der Waals surface area (Å²) in [6.45, 7) is 4.96. The molecule has 3 rings (SSSR count). The van der Waals surface area contributed by atoms with Crippen molar-refractivity contribution in [3.05, 3.63) is 47.9 Å². The zero-order valence-corrected chi connectivity index (χ0v) is 15.4. The van der Waals surface area contributed by atoms with Gasteiger partial charge in [0, 0.05) is 12.1 Å². The number of methoxy groups -OCH3 is 1. The van der Waals surface area contributed by atoms with E-state index in [4.69, 9.17) is 13.9 Å². The van der Waals surface area contributed by atoms with Gasteiger partial charge in [-0.15, -0.1) is 0 Å². The Labute approximate surface area is 154 Å². The van der Waals surface area contributed by atoms with Crippen molar-refractivity contribution in [1.29, 1.82) is 0 Å². The molecule has 1 aromatic heterocycles. The van der Waals surface area contributed by atoms with Crippen molar-refractivity contribution in [3.63, 3.8) is 0 Å². The summed E-state index contributed by atoms with van der Waals surface area (Å²) in [7, 11) is 1.58. The predicted octanol–water partition coefficient (Wildman–Crippen LogP) is 3.25. The minimum Gasteiger partial charge on any atom is -0.493 e.